The third kappa shape index (κ3) is 4.04. The molecule has 0 aliphatic heterocycles. The van der Waals surface area contributed by atoms with E-state index in [1.165, 1.54) is 5.56 Å². The zero-order chi connectivity index (χ0) is 15.9. The van der Waals surface area contributed by atoms with Crippen LogP contribution in [0.15, 0.2) is 90.3 Å². The van der Waals surface area contributed by atoms with Crippen LogP contribution in [0, 0.1) is 0 Å². The lowest BCUT2D eigenvalue weighted by Crippen LogP contribution is -2.18. The second-order valence-corrected chi connectivity index (χ2v) is 5.31. The quantitative estimate of drug-likeness (QED) is 0.512. The van der Waals surface area contributed by atoms with Crippen LogP contribution in [0.1, 0.15) is 18.1 Å². The molecule has 0 fully saturated rings. The fourth-order valence-corrected chi connectivity index (χ4v) is 2.36. The fraction of sp³-hybridized carbons (Fsp3) is 0.100. The topological polar surface area (TPSA) is 28.5 Å². The van der Waals surface area contributed by atoms with Crippen molar-refractivity contribution in [1.29, 1.82) is 0 Å². The predicted molar refractivity (Wildman–Crippen MR) is 95.5 cm³/mol. The maximum Gasteiger partial charge on any atom is 0.0666 e. The molecule has 0 radical (unpaired) electrons. The average molecular weight is 301 g/mol. The lowest BCUT2D eigenvalue weighted by atomic mass is 10.2. The Morgan fingerprint density at radius 2 is 1.61 bits per heavy atom. The van der Waals surface area contributed by atoms with Gasteiger partial charge in [0.1, 0.15) is 0 Å². The molecular formula is C20H19N3. The van der Waals surface area contributed by atoms with Crippen molar-refractivity contribution >= 4 is 11.4 Å². The Balaban J connectivity index is 1.92. The van der Waals surface area contributed by atoms with Gasteiger partial charge in [0.25, 0.3) is 0 Å². The third-order valence-electron chi connectivity index (χ3n) is 3.58. The predicted octanol–water partition coefficient (Wildman–Crippen LogP) is 4.51. The van der Waals surface area contributed by atoms with Crippen molar-refractivity contribution in [2.45, 2.75) is 13.5 Å². The highest BCUT2D eigenvalue weighted by molar-refractivity contribution is 5.98. The molecule has 0 atom stereocenters. The van der Waals surface area contributed by atoms with Gasteiger partial charge >= 0.3 is 0 Å². The van der Waals surface area contributed by atoms with Crippen molar-refractivity contribution in [1.82, 2.24) is 4.98 Å². The molecule has 1 aromatic heterocycles. The van der Waals surface area contributed by atoms with E-state index in [2.05, 4.69) is 41.4 Å². The summed E-state index contributed by atoms with van der Waals surface area (Å²) in [5.41, 5.74) is 4.26. The average Bonchev–Trinajstić information content (AvgIpc) is 2.63. The Kier molecular flexibility index (Phi) is 4.79. The first-order valence-corrected chi connectivity index (χ1v) is 7.65. The lowest BCUT2D eigenvalue weighted by molar-refractivity contribution is 0.853. The van der Waals surface area contributed by atoms with Gasteiger partial charge in [-0.3, -0.25) is 9.99 Å². The van der Waals surface area contributed by atoms with Crippen molar-refractivity contribution in [3.8, 4) is 0 Å². The van der Waals surface area contributed by atoms with Gasteiger partial charge in [0, 0.05) is 18.0 Å². The molecule has 3 aromatic rings. The smallest absolute Gasteiger partial charge is 0.0666 e. The minimum absolute atomic E-state index is 0.725. The summed E-state index contributed by atoms with van der Waals surface area (Å²) < 4.78 is 0. The summed E-state index contributed by atoms with van der Waals surface area (Å²) in [6, 6.07) is 24.5. The van der Waals surface area contributed by atoms with Crippen LogP contribution in [0.5, 0.6) is 0 Å². The molecule has 0 unspecified atom stereocenters. The number of pyridine rings is 1. The highest BCUT2D eigenvalue weighted by atomic mass is 15.5. The standard InChI is InChI=1S/C20H19N3/c1-17(19-11-8-14-21-15-19)22-23(20-12-6-3-7-13-20)16-18-9-4-2-5-10-18/h2-15H,16H2,1H3/b22-17-. The molecule has 3 heteroatoms. The van der Waals surface area contributed by atoms with Crippen LogP contribution in [0.3, 0.4) is 0 Å². The summed E-state index contributed by atoms with van der Waals surface area (Å²) >= 11 is 0. The number of hydrogen-bond donors (Lipinski definition) is 0. The zero-order valence-electron chi connectivity index (χ0n) is 13.1. The normalized spacial score (nSPS) is 11.3. The van der Waals surface area contributed by atoms with Gasteiger partial charge < -0.3 is 0 Å². The Bertz CT molecular complexity index is 753. The molecule has 114 valence electrons. The van der Waals surface area contributed by atoms with E-state index >= 15 is 0 Å². The molecule has 1 heterocycles. The molecule has 0 spiro atoms. The van der Waals surface area contributed by atoms with E-state index in [1.807, 2.05) is 54.5 Å². The highest BCUT2D eigenvalue weighted by Crippen LogP contribution is 2.18. The first kappa shape index (κ1) is 15.0. The van der Waals surface area contributed by atoms with Gasteiger partial charge in [-0.2, -0.15) is 5.10 Å². The number of anilines is 1. The van der Waals surface area contributed by atoms with Crippen LogP contribution in [-0.2, 0) is 6.54 Å². The Labute approximate surface area is 136 Å². The monoisotopic (exact) mass is 301 g/mol. The second kappa shape index (κ2) is 7.36. The van der Waals surface area contributed by atoms with Crippen LogP contribution in [0.4, 0.5) is 5.69 Å². The van der Waals surface area contributed by atoms with Crippen molar-refractivity contribution in [3.63, 3.8) is 0 Å². The zero-order valence-corrected chi connectivity index (χ0v) is 13.1. The van der Waals surface area contributed by atoms with Gasteiger partial charge in [0.15, 0.2) is 0 Å². The summed E-state index contributed by atoms with van der Waals surface area (Å²) in [5, 5.41) is 6.85. The van der Waals surface area contributed by atoms with Gasteiger partial charge in [-0.25, -0.2) is 0 Å². The molecule has 0 aliphatic carbocycles. The van der Waals surface area contributed by atoms with Crippen LogP contribution < -0.4 is 5.01 Å². The molecule has 0 aliphatic rings. The van der Waals surface area contributed by atoms with Crippen LogP contribution >= 0.6 is 0 Å². The molecule has 23 heavy (non-hydrogen) atoms. The number of hydrazone groups is 1. The first-order chi connectivity index (χ1) is 11.3. The summed E-state index contributed by atoms with van der Waals surface area (Å²) in [7, 11) is 0. The van der Waals surface area contributed by atoms with E-state index in [4.69, 9.17) is 5.10 Å². The van der Waals surface area contributed by atoms with E-state index < -0.39 is 0 Å². The first-order valence-electron chi connectivity index (χ1n) is 7.65. The molecule has 0 saturated heterocycles. The van der Waals surface area contributed by atoms with Crippen LogP contribution in [0.25, 0.3) is 0 Å². The van der Waals surface area contributed by atoms with Crippen molar-refractivity contribution < 1.29 is 0 Å². The summed E-state index contributed by atoms with van der Waals surface area (Å²) in [6.45, 7) is 2.74. The minimum Gasteiger partial charge on any atom is -0.264 e. The summed E-state index contributed by atoms with van der Waals surface area (Å²) in [5.74, 6) is 0. The van der Waals surface area contributed by atoms with Gasteiger partial charge in [-0.05, 0) is 30.7 Å². The number of benzene rings is 2. The van der Waals surface area contributed by atoms with Gasteiger partial charge in [-0.1, -0.05) is 54.6 Å². The van der Waals surface area contributed by atoms with E-state index in [1.54, 1.807) is 6.20 Å². The molecular weight excluding hydrogens is 282 g/mol. The van der Waals surface area contributed by atoms with E-state index in [0.717, 1.165) is 23.5 Å². The number of nitrogens with zero attached hydrogens (tertiary/aromatic N) is 3. The number of para-hydroxylation sites is 1. The van der Waals surface area contributed by atoms with E-state index in [9.17, 15) is 0 Å². The molecule has 3 rings (SSSR count). The summed E-state index contributed by atoms with van der Waals surface area (Å²) in [4.78, 5) is 4.17. The Morgan fingerprint density at radius 3 is 2.26 bits per heavy atom. The third-order valence-corrected chi connectivity index (χ3v) is 3.58. The van der Waals surface area contributed by atoms with Gasteiger partial charge in [0.05, 0.1) is 17.9 Å². The molecule has 0 bridgehead atoms. The van der Waals surface area contributed by atoms with Crippen molar-refractivity contribution in [2.24, 2.45) is 5.10 Å². The summed E-state index contributed by atoms with van der Waals surface area (Å²) in [6.07, 6.45) is 3.61. The second-order valence-electron chi connectivity index (χ2n) is 5.31. The van der Waals surface area contributed by atoms with Crippen molar-refractivity contribution in [2.75, 3.05) is 5.01 Å². The van der Waals surface area contributed by atoms with E-state index in [-0.39, 0.29) is 0 Å². The van der Waals surface area contributed by atoms with Crippen LogP contribution in [-0.4, -0.2) is 10.7 Å². The Hall–Kier alpha value is -2.94. The van der Waals surface area contributed by atoms with Crippen molar-refractivity contribution in [3.05, 3.63) is 96.3 Å². The molecule has 3 nitrogen and oxygen atoms in total. The van der Waals surface area contributed by atoms with Gasteiger partial charge in [0.2, 0.25) is 0 Å². The largest absolute Gasteiger partial charge is 0.264 e. The number of hydrogen-bond acceptors (Lipinski definition) is 3. The van der Waals surface area contributed by atoms with Gasteiger partial charge in [-0.15, -0.1) is 0 Å². The fourth-order valence-electron chi connectivity index (χ4n) is 2.36. The minimum atomic E-state index is 0.725. The SMILES string of the molecule is C/C(=N/N(Cc1ccccc1)c1ccccc1)c1cccnc1. The highest BCUT2D eigenvalue weighted by Gasteiger charge is 2.07. The Morgan fingerprint density at radius 1 is 0.913 bits per heavy atom. The molecule has 0 N–H and O–H groups in total. The number of aromatic nitrogens is 1. The molecule has 2 aromatic carbocycles. The maximum atomic E-state index is 4.82. The lowest BCUT2D eigenvalue weighted by Gasteiger charge is -2.20. The van der Waals surface area contributed by atoms with E-state index in [0.29, 0.717) is 0 Å². The van der Waals surface area contributed by atoms with Crippen LogP contribution in [0.2, 0.25) is 0 Å². The maximum absolute atomic E-state index is 4.82. The molecule has 0 amide bonds. The molecule has 0 saturated carbocycles. The number of rotatable bonds is 5.